The molecule has 0 fully saturated rings. The molecule has 0 radical (unpaired) electrons. The lowest BCUT2D eigenvalue weighted by Crippen LogP contribution is -2.04. The van der Waals surface area contributed by atoms with Crippen molar-refractivity contribution in [2.45, 2.75) is 38.5 Å². The molecule has 0 aliphatic heterocycles. The van der Waals surface area contributed by atoms with Crippen LogP contribution in [-0.2, 0) is 31.9 Å². The summed E-state index contributed by atoms with van der Waals surface area (Å²) < 4.78 is 20.2. The van der Waals surface area contributed by atoms with E-state index in [-0.39, 0.29) is 11.9 Å². The van der Waals surface area contributed by atoms with E-state index in [0.29, 0.717) is 38.5 Å². The number of carbonyl (C=O) groups is 2. The zero-order valence-corrected chi connectivity index (χ0v) is 14.8. The molecule has 0 saturated heterocycles. The van der Waals surface area contributed by atoms with Gasteiger partial charge in [-0.15, -0.1) is 0 Å². The highest BCUT2D eigenvalue weighted by atomic mass is 16.5. The maximum atomic E-state index is 11.2. The van der Waals surface area contributed by atoms with Crippen molar-refractivity contribution < 1.29 is 28.5 Å². The Morgan fingerprint density at radius 1 is 0.750 bits per heavy atom. The summed E-state index contributed by atoms with van der Waals surface area (Å²) in [5.74, 6) is 1.07. The van der Waals surface area contributed by atoms with Gasteiger partial charge in [-0.1, -0.05) is 0 Å². The number of benzene rings is 1. The molecule has 0 N–H and O–H groups in total. The van der Waals surface area contributed by atoms with Crippen LogP contribution < -0.4 is 9.47 Å². The first kappa shape index (κ1) is 19.8. The third-order valence-corrected chi connectivity index (χ3v) is 3.79. The van der Waals surface area contributed by atoms with Gasteiger partial charge in [0.2, 0.25) is 0 Å². The minimum absolute atomic E-state index is 0.222. The highest BCUT2D eigenvalue weighted by molar-refractivity contribution is 5.69. The van der Waals surface area contributed by atoms with E-state index in [9.17, 15) is 9.59 Å². The Balaban J connectivity index is 2.80. The Morgan fingerprint density at radius 2 is 1.12 bits per heavy atom. The Kier molecular flexibility index (Phi) is 8.68. The van der Waals surface area contributed by atoms with Crippen LogP contribution >= 0.6 is 0 Å². The molecule has 0 aliphatic rings. The summed E-state index contributed by atoms with van der Waals surface area (Å²) >= 11 is 0. The molecule has 0 bridgehead atoms. The minimum Gasteiger partial charge on any atom is -0.496 e. The smallest absolute Gasteiger partial charge is 0.305 e. The van der Waals surface area contributed by atoms with Crippen LogP contribution in [0.3, 0.4) is 0 Å². The largest absolute Gasteiger partial charge is 0.496 e. The van der Waals surface area contributed by atoms with E-state index in [4.69, 9.17) is 9.47 Å². The number of esters is 2. The number of rotatable bonds is 10. The summed E-state index contributed by atoms with van der Waals surface area (Å²) in [7, 11) is 6.00. The maximum Gasteiger partial charge on any atom is 0.305 e. The van der Waals surface area contributed by atoms with Gasteiger partial charge in [-0.05, 0) is 48.9 Å². The summed E-state index contributed by atoms with van der Waals surface area (Å²) in [6.07, 6.45) is 3.46. The molecule has 1 aromatic carbocycles. The number of carbonyl (C=O) groups excluding carboxylic acids is 2. The van der Waals surface area contributed by atoms with Crippen molar-refractivity contribution in [3.63, 3.8) is 0 Å². The summed E-state index contributed by atoms with van der Waals surface area (Å²) in [6, 6.07) is 3.87. The molecule has 1 rings (SSSR count). The number of hydrogen-bond donors (Lipinski definition) is 0. The second kappa shape index (κ2) is 10.5. The van der Waals surface area contributed by atoms with Crippen LogP contribution in [0.4, 0.5) is 0 Å². The zero-order valence-electron chi connectivity index (χ0n) is 14.8. The molecule has 134 valence electrons. The quantitative estimate of drug-likeness (QED) is 0.611. The third kappa shape index (κ3) is 6.10. The first-order valence-electron chi connectivity index (χ1n) is 7.93. The van der Waals surface area contributed by atoms with Crippen molar-refractivity contribution in [1.82, 2.24) is 0 Å². The van der Waals surface area contributed by atoms with E-state index in [2.05, 4.69) is 9.47 Å². The Hall–Kier alpha value is -2.24. The highest BCUT2D eigenvalue weighted by Crippen LogP contribution is 2.31. The fraction of sp³-hybridized carbons (Fsp3) is 0.556. The molecule has 0 unspecified atom stereocenters. The number of hydrogen-bond acceptors (Lipinski definition) is 6. The second-order valence-corrected chi connectivity index (χ2v) is 5.34. The predicted octanol–water partition coefficient (Wildman–Crippen LogP) is 2.70. The normalized spacial score (nSPS) is 10.2. The van der Waals surface area contributed by atoms with Gasteiger partial charge < -0.3 is 18.9 Å². The van der Waals surface area contributed by atoms with Crippen molar-refractivity contribution >= 4 is 11.9 Å². The Morgan fingerprint density at radius 3 is 1.42 bits per heavy atom. The second-order valence-electron chi connectivity index (χ2n) is 5.34. The first-order chi connectivity index (χ1) is 11.5. The van der Waals surface area contributed by atoms with Gasteiger partial charge in [0.1, 0.15) is 11.5 Å². The lowest BCUT2D eigenvalue weighted by molar-refractivity contribution is -0.141. The van der Waals surface area contributed by atoms with Gasteiger partial charge >= 0.3 is 11.9 Å². The topological polar surface area (TPSA) is 71.1 Å². The van der Waals surface area contributed by atoms with E-state index < -0.39 is 0 Å². The van der Waals surface area contributed by atoms with Crippen LogP contribution in [0.2, 0.25) is 0 Å². The fourth-order valence-corrected chi connectivity index (χ4v) is 2.47. The lowest BCUT2D eigenvalue weighted by atomic mass is 10.0. The van der Waals surface area contributed by atoms with E-state index in [1.165, 1.54) is 14.2 Å². The number of methoxy groups -OCH3 is 4. The van der Waals surface area contributed by atoms with E-state index in [1.807, 2.05) is 12.1 Å². The number of aryl methyl sites for hydroxylation is 2. The van der Waals surface area contributed by atoms with Crippen LogP contribution in [0.1, 0.15) is 36.8 Å². The molecular formula is C18H26O6. The van der Waals surface area contributed by atoms with Gasteiger partial charge in [0.05, 0.1) is 28.4 Å². The van der Waals surface area contributed by atoms with Crippen LogP contribution in [0, 0.1) is 0 Å². The average Bonchev–Trinajstić information content (AvgIpc) is 2.61. The van der Waals surface area contributed by atoms with E-state index in [1.54, 1.807) is 14.2 Å². The van der Waals surface area contributed by atoms with Crippen molar-refractivity contribution in [2.75, 3.05) is 28.4 Å². The summed E-state index contributed by atoms with van der Waals surface area (Å²) in [6.45, 7) is 0. The summed E-state index contributed by atoms with van der Waals surface area (Å²) in [5.41, 5.74) is 1.96. The van der Waals surface area contributed by atoms with Gasteiger partial charge in [-0.2, -0.15) is 0 Å². The molecule has 0 amide bonds. The molecule has 24 heavy (non-hydrogen) atoms. The van der Waals surface area contributed by atoms with Crippen molar-refractivity contribution in [3.05, 3.63) is 23.3 Å². The monoisotopic (exact) mass is 338 g/mol. The van der Waals surface area contributed by atoms with E-state index >= 15 is 0 Å². The van der Waals surface area contributed by atoms with Gasteiger partial charge in [-0.25, -0.2) is 0 Å². The predicted molar refractivity (Wildman–Crippen MR) is 89.5 cm³/mol. The van der Waals surface area contributed by atoms with E-state index in [0.717, 1.165) is 22.6 Å². The van der Waals surface area contributed by atoms with Crippen molar-refractivity contribution in [3.8, 4) is 11.5 Å². The Labute approximate surface area is 143 Å². The van der Waals surface area contributed by atoms with Crippen LogP contribution in [0.15, 0.2) is 12.1 Å². The molecule has 6 heteroatoms. The van der Waals surface area contributed by atoms with Gasteiger partial charge in [0.25, 0.3) is 0 Å². The minimum atomic E-state index is -0.222. The molecule has 0 aliphatic carbocycles. The molecule has 0 aromatic heterocycles. The van der Waals surface area contributed by atoms with Crippen LogP contribution in [0.5, 0.6) is 11.5 Å². The Bertz CT molecular complexity index is 503. The molecular weight excluding hydrogens is 312 g/mol. The van der Waals surface area contributed by atoms with Gasteiger partial charge in [0.15, 0.2) is 0 Å². The molecule has 0 saturated carbocycles. The van der Waals surface area contributed by atoms with Crippen molar-refractivity contribution in [2.24, 2.45) is 0 Å². The number of ether oxygens (including phenoxy) is 4. The maximum absolute atomic E-state index is 11.2. The zero-order chi connectivity index (χ0) is 17.9. The standard InChI is InChI=1S/C18H26O6/c1-21-15-11-14(8-6-10-18(20)24-4)16(22-2)12-13(15)7-5-9-17(19)23-3/h11-12H,5-10H2,1-4H3. The third-order valence-electron chi connectivity index (χ3n) is 3.79. The SMILES string of the molecule is COC(=O)CCCc1cc(OC)c(CCCC(=O)OC)cc1OC. The van der Waals surface area contributed by atoms with Gasteiger partial charge in [-0.3, -0.25) is 9.59 Å². The summed E-state index contributed by atoms with van der Waals surface area (Å²) in [5, 5.41) is 0. The molecule has 0 atom stereocenters. The lowest BCUT2D eigenvalue weighted by Gasteiger charge is -2.15. The summed E-state index contributed by atoms with van der Waals surface area (Å²) in [4.78, 5) is 22.4. The molecule has 6 nitrogen and oxygen atoms in total. The van der Waals surface area contributed by atoms with Crippen molar-refractivity contribution in [1.29, 1.82) is 0 Å². The first-order valence-corrected chi connectivity index (χ1v) is 7.93. The van der Waals surface area contributed by atoms with Gasteiger partial charge in [0, 0.05) is 12.8 Å². The highest BCUT2D eigenvalue weighted by Gasteiger charge is 2.13. The molecule has 0 spiro atoms. The average molecular weight is 338 g/mol. The molecule has 1 aromatic rings. The molecule has 0 heterocycles. The van der Waals surface area contributed by atoms with Crippen LogP contribution in [0.25, 0.3) is 0 Å². The van der Waals surface area contributed by atoms with Crippen LogP contribution in [-0.4, -0.2) is 40.4 Å². The fourth-order valence-electron chi connectivity index (χ4n) is 2.47.